The van der Waals surface area contributed by atoms with Crippen LogP contribution < -0.4 is 10.3 Å². The Bertz CT molecular complexity index is 1330. The first-order valence-electron chi connectivity index (χ1n) is 8.59. The normalized spacial score (nSPS) is 11.0. The average Bonchev–Trinajstić information content (AvgIpc) is 3.16. The molecular weight excluding hydrogens is 379 g/mol. The molecule has 2 N–H and O–H groups in total. The first kappa shape index (κ1) is 18.4. The van der Waals surface area contributed by atoms with Crippen molar-refractivity contribution in [3.05, 3.63) is 75.6 Å². The fraction of sp³-hybridized carbons (Fsp3) is 0.100. The van der Waals surface area contributed by atoms with Gasteiger partial charge in [-0.05, 0) is 43.2 Å². The molecule has 0 saturated heterocycles. The number of benzene rings is 2. The molecule has 4 aromatic rings. The summed E-state index contributed by atoms with van der Waals surface area (Å²) in [6, 6.07) is 7.73. The number of ether oxygens (including phenoxy) is 1. The maximum Gasteiger partial charge on any atom is 0.338 e. The van der Waals surface area contributed by atoms with Crippen LogP contribution in [0.15, 0.2) is 47.5 Å². The molecule has 0 fully saturated rings. The summed E-state index contributed by atoms with van der Waals surface area (Å²) in [4.78, 5) is 30.2. The molecule has 2 heterocycles. The van der Waals surface area contributed by atoms with Crippen LogP contribution >= 0.6 is 0 Å². The van der Waals surface area contributed by atoms with E-state index < -0.39 is 17.3 Å². The van der Waals surface area contributed by atoms with E-state index in [4.69, 9.17) is 9.84 Å². The molecule has 0 aliphatic carbocycles. The number of nitrogens with one attached hydrogen (secondary N) is 1. The number of carboxylic acids is 1. The van der Waals surface area contributed by atoms with Gasteiger partial charge < -0.3 is 9.84 Å². The Balaban J connectivity index is 1.75. The van der Waals surface area contributed by atoms with E-state index in [1.807, 2.05) is 19.9 Å². The molecular formula is C20H15FN4O4. The molecule has 2 aromatic carbocycles. The van der Waals surface area contributed by atoms with E-state index in [1.54, 1.807) is 12.1 Å². The minimum absolute atomic E-state index is 0.0303. The molecule has 0 spiro atoms. The van der Waals surface area contributed by atoms with E-state index >= 15 is 0 Å². The SMILES string of the molecule is Cc1ccc(Oc2cc3c(=O)[nH]c(-n4cc(C(=O)O)cn4)nc3cc2F)cc1C. The van der Waals surface area contributed by atoms with Crippen molar-refractivity contribution in [2.45, 2.75) is 13.8 Å². The van der Waals surface area contributed by atoms with Crippen LogP contribution in [0, 0.1) is 19.7 Å². The highest BCUT2D eigenvalue weighted by Gasteiger charge is 2.14. The van der Waals surface area contributed by atoms with Crippen molar-refractivity contribution in [1.29, 1.82) is 0 Å². The average molecular weight is 394 g/mol. The highest BCUT2D eigenvalue weighted by atomic mass is 19.1. The zero-order valence-corrected chi connectivity index (χ0v) is 15.4. The van der Waals surface area contributed by atoms with Gasteiger partial charge in [0.25, 0.3) is 5.56 Å². The molecule has 0 amide bonds. The Kier molecular flexibility index (Phi) is 4.34. The van der Waals surface area contributed by atoms with Crippen LogP contribution in [0.4, 0.5) is 4.39 Å². The summed E-state index contributed by atoms with van der Waals surface area (Å²) in [6.07, 6.45) is 2.31. The van der Waals surface area contributed by atoms with E-state index in [2.05, 4.69) is 15.1 Å². The van der Waals surface area contributed by atoms with Crippen molar-refractivity contribution < 1.29 is 19.0 Å². The van der Waals surface area contributed by atoms with E-state index in [9.17, 15) is 14.0 Å². The Hall–Kier alpha value is -4.01. The molecule has 8 nitrogen and oxygen atoms in total. The van der Waals surface area contributed by atoms with Gasteiger partial charge in [-0.25, -0.2) is 18.9 Å². The Labute approximate surface area is 163 Å². The van der Waals surface area contributed by atoms with Gasteiger partial charge in [-0.3, -0.25) is 9.78 Å². The first-order valence-corrected chi connectivity index (χ1v) is 8.59. The smallest absolute Gasteiger partial charge is 0.338 e. The Morgan fingerprint density at radius 2 is 2.00 bits per heavy atom. The van der Waals surface area contributed by atoms with E-state index in [0.717, 1.165) is 28.1 Å². The molecule has 2 aromatic heterocycles. The fourth-order valence-electron chi connectivity index (χ4n) is 2.77. The lowest BCUT2D eigenvalue weighted by atomic mass is 10.1. The Morgan fingerprint density at radius 1 is 1.21 bits per heavy atom. The number of carbonyl (C=O) groups is 1. The summed E-state index contributed by atoms with van der Waals surface area (Å²) >= 11 is 0. The second-order valence-corrected chi connectivity index (χ2v) is 6.52. The minimum Gasteiger partial charge on any atom is -0.478 e. The highest BCUT2D eigenvalue weighted by Crippen LogP contribution is 2.28. The second-order valence-electron chi connectivity index (χ2n) is 6.52. The third kappa shape index (κ3) is 3.45. The van der Waals surface area contributed by atoms with E-state index in [1.165, 1.54) is 12.3 Å². The number of carboxylic acid groups (broad SMARTS) is 1. The molecule has 0 aliphatic heterocycles. The van der Waals surface area contributed by atoms with Crippen molar-refractivity contribution in [2.75, 3.05) is 0 Å². The van der Waals surface area contributed by atoms with Crippen molar-refractivity contribution >= 4 is 16.9 Å². The first-order chi connectivity index (χ1) is 13.8. The predicted octanol–water partition coefficient (Wildman–Crippen LogP) is 3.36. The maximum absolute atomic E-state index is 14.6. The lowest BCUT2D eigenvalue weighted by Crippen LogP contribution is -2.14. The molecule has 0 unspecified atom stereocenters. The van der Waals surface area contributed by atoms with Crippen LogP contribution in [0.1, 0.15) is 21.5 Å². The minimum atomic E-state index is -1.17. The van der Waals surface area contributed by atoms with Crippen molar-refractivity contribution in [2.24, 2.45) is 0 Å². The summed E-state index contributed by atoms with van der Waals surface area (Å²) in [7, 11) is 0. The van der Waals surface area contributed by atoms with Gasteiger partial charge in [0, 0.05) is 12.3 Å². The number of aryl methyl sites for hydroxylation is 2. The van der Waals surface area contributed by atoms with Crippen LogP contribution in [-0.2, 0) is 0 Å². The monoisotopic (exact) mass is 394 g/mol. The molecule has 0 atom stereocenters. The summed E-state index contributed by atoms with van der Waals surface area (Å²) < 4.78 is 21.3. The highest BCUT2D eigenvalue weighted by molar-refractivity contribution is 5.87. The topological polar surface area (TPSA) is 110 Å². The van der Waals surface area contributed by atoms with Crippen molar-refractivity contribution in [1.82, 2.24) is 19.7 Å². The molecule has 29 heavy (non-hydrogen) atoms. The number of fused-ring (bicyclic) bond motifs is 1. The molecule has 0 bridgehead atoms. The van der Waals surface area contributed by atoms with Crippen LogP contribution in [-0.4, -0.2) is 30.8 Å². The van der Waals surface area contributed by atoms with Gasteiger partial charge in [-0.15, -0.1) is 0 Å². The third-order valence-corrected chi connectivity index (χ3v) is 4.50. The zero-order chi connectivity index (χ0) is 20.7. The van der Waals surface area contributed by atoms with Crippen LogP contribution in [0.2, 0.25) is 0 Å². The number of H-pyrrole nitrogens is 1. The molecule has 4 rings (SSSR count). The number of hydrogen-bond donors (Lipinski definition) is 2. The van der Waals surface area contributed by atoms with Gasteiger partial charge in [0.15, 0.2) is 11.6 Å². The summed E-state index contributed by atoms with van der Waals surface area (Å²) in [5.74, 6) is -1.54. The molecule has 146 valence electrons. The number of halogens is 1. The van der Waals surface area contributed by atoms with Crippen molar-refractivity contribution in [3.63, 3.8) is 0 Å². The van der Waals surface area contributed by atoms with Crippen LogP contribution in [0.5, 0.6) is 11.5 Å². The van der Waals surface area contributed by atoms with Gasteiger partial charge in [0.2, 0.25) is 5.95 Å². The third-order valence-electron chi connectivity index (χ3n) is 4.50. The van der Waals surface area contributed by atoms with Gasteiger partial charge in [-0.1, -0.05) is 6.07 Å². The quantitative estimate of drug-likeness (QED) is 0.549. The number of rotatable bonds is 4. The summed E-state index contributed by atoms with van der Waals surface area (Å²) in [6.45, 7) is 3.87. The molecule has 0 saturated carbocycles. The molecule has 9 heteroatoms. The zero-order valence-electron chi connectivity index (χ0n) is 15.4. The van der Waals surface area contributed by atoms with Gasteiger partial charge in [0.1, 0.15) is 5.75 Å². The predicted molar refractivity (Wildman–Crippen MR) is 102 cm³/mol. The lowest BCUT2D eigenvalue weighted by molar-refractivity contribution is 0.0697. The van der Waals surface area contributed by atoms with Gasteiger partial charge in [0.05, 0.1) is 22.7 Å². The largest absolute Gasteiger partial charge is 0.478 e. The fourth-order valence-corrected chi connectivity index (χ4v) is 2.77. The summed E-state index contributed by atoms with van der Waals surface area (Å²) in [5, 5.41) is 13.0. The Morgan fingerprint density at radius 3 is 2.69 bits per heavy atom. The number of hydrogen-bond acceptors (Lipinski definition) is 5. The van der Waals surface area contributed by atoms with E-state index in [-0.39, 0.29) is 28.2 Å². The van der Waals surface area contributed by atoms with Gasteiger partial charge in [-0.2, -0.15) is 5.10 Å². The van der Waals surface area contributed by atoms with Gasteiger partial charge >= 0.3 is 5.97 Å². The standard InChI is InChI=1S/C20H15FN4O4/c1-10-3-4-13(5-11(10)2)29-17-6-14-16(7-15(17)21)23-20(24-18(14)26)25-9-12(8-22-25)19(27)28/h3-9H,1-2H3,(H,27,28)(H,23,24,26). The van der Waals surface area contributed by atoms with Crippen LogP contribution in [0.3, 0.4) is 0 Å². The number of aromatic amines is 1. The van der Waals surface area contributed by atoms with Crippen LogP contribution in [0.25, 0.3) is 16.9 Å². The second kappa shape index (κ2) is 6.86. The number of aromatic nitrogens is 4. The summed E-state index contributed by atoms with van der Waals surface area (Å²) in [5.41, 5.74) is 1.54. The molecule has 0 radical (unpaired) electrons. The van der Waals surface area contributed by atoms with E-state index in [0.29, 0.717) is 5.75 Å². The molecule has 0 aliphatic rings. The number of aromatic carboxylic acids is 1. The number of nitrogens with zero attached hydrogens (tertiary/aromatic N) is 3. The van der Waals surface area contributed by atoms with Crippen molar-refractivity contribution in [3.8, 4) is 17.4 Å². The lowest BCUT2D eigenvalue weighted by Gasteiger charge is -2.10. The maximum atomic E-state index is 14.6.